The number of hydrogen-bond donors (Lipinski definition) is 1. The highest BCUT2D eigenvalue weighted by Crippen LogP contribution is 2.26. The Labute approximate surface area is 166 Å². The van der Waals surface area contributed by atoms with E-state index in [2.05, 4.69) is 20.7 Å². The molecule has 0 aliphatic carbocycles. The van der Waals surface area contributed by atoms with Crippen molar-refractivity contribution in [2.45, 2.75) is 30.7 Å². The zero-order valence-corrected chi connectivity index (χ0v) is 17.1. The van der Waals surface area contributed by atoms with Gasteiger partial charge in [-0.3, -0.25) is 4.79 Å². The minimum absolute atomic E-state index is 0.0322. The van der Waals surface area contributed by atoms with Gasteiger partial charge >= 0.3 is 0 Å². The summed E-state index contributed by atoms with van der Waals surface area (Å²) in [7, 11) is -3.74. The Morgan fingerprint density at radius 1 is 1.15 bits per heavy atom. The standard InChI is InChI=1S/C18H18BrClN2O3S/c19-14-7-8-17(16(20)11-14)26(24,25)21-12-13-4-3-5-15(10-13)22-9-2-1-6-18(22)23/h3-5,7-8,10-11,21H,1-2,6,9,12H2. The van der Waals surface area contributed by atoms with Gasteiger partial charge in [0.1, 0.15) is 4.90 Å². The van der Waals surface area contributed by atoms with Crippen molar-refractivity contribution < 1.29 is 13.2 Å². The van der Waals surface area contributed by atoms with Crippen LogP contribution in [0.3, 0.4) is 0 Å². The highest BCUT2D eigenvalue weighted by Gasteiger charge is 2.21. The van der Waals surface area contributed by atoms with Gasteiger partial charge in [-0.1, -0.05) is 39.7 Å². The van der Waals surface area contributed by atoms with Gasteiger partial charge in [-0.05, 0) is 48.7 Å². The quantitative estimate of drug-likeness (QED) is 0.735. The van der Waals surface area contributed by atoms with Gasteiger partial charge in [-0.2, -0.15) is 0 Å². The first-order chi connectivity index (χ1) is 12.4. The van der Waals surface area contributed by atoms with Crippen molar-refractivity contribution in [3.05, 3.63) is 57.5 Å². The fourth-order valence-corrected chi connectivity index (χ4v) is 4.92. The molecule has 3 rings (SSSR count). The first-order valence-electron chi connectivity index (χ1n) is 8.21. The summed E-state index contributed by atoms with van der Waals surface area (Å²) >= 11 is 9.30. The number of rotatable bonds is 5. The van der Waals surface area contributed by atoms with Gasteiger partial charge < -0.3 is 4.90 Å². The Morgan fingerprint density at radius 3 is 2.69 bits per heavy atom. The van der Waals surface area contributed by atoms with Crippen LogP contribution in [0, 0.1) is 0 Å². The van der Waals surface area contributed by atoms with Crippen LogP contribution in [0.4, 0.5) is 5.69 Å². The van der Waals surface area contributed by atoms with Crippen LogP contribution < -0.4 is 9.62 Å². The molecule has 0 aromatic heterocycles. The number of piperidine rings is 1. The molecule has 1 amide bonds. The van der Waals surface area contributed by atoms with E-state index in [4.69, 9.17) is 11.6 Å². The van der Waals surface area contributed by atoms with Crippen molar-refractivity contribution in [1.29, 1.82) is 0 Å². The molecule has 0 spiro atoms. The molecule has 1 heterocycles. The van der Waals surface area contributed by atoms with Crippen LogP contribution in [0.2, 0.25) is 5.02 Å². The number of nitrogens with one attached hydrogen (secondary N) is 1. The van der Waals surface area contributed by atoms with E-state index < -0.39 is 10.0 Å². The lowest BCUT2D eigenvalue weighted by Crippen LogP contribution is -2.35. The van der Waals surface area contributed by atoms with Crippen molar-refractivity contribution in [3.8, 4) is 0 Å². The molecule has 138 valence electrons. The maximum atomic E-state index is 12.5. The molecule has 1 aliphatic rings. The second kappa shape index (κ2) is 8.08. The zero-order valence-electron chi connectivity index (χ0n) is 13.9. The third-order valence-corrected chi connectivity index (χ3v) is 6.57. The molecular formula is C18H18BrClN2O3S. The average molecular weight is 458 g/mol. The fraction of sp³-hybridized carbons (Fsp3) is 0.278. The summed E-state index contributed by atoms with van der Waals surface area (Å²) in [6.07, 6.45) is 2.45. The lowest BCUT2D eigenvalue weighted by Gasteiger charge is -2.27. The molecule has 5 nitrogen and oxygen atoms in total. The van der Waals surface area contributed by atoms with Gasteiger partial charge in [-0.15, -0.1) is 0 Å². The van der Waals surface area contributed by atoms with Crippen LogP contribution in [-0.4, -0.2) is 20.9 Å². The number of halogens is 2. The number of carbonyl (C=O) groups excluding carboxylic acids is 1. The highest BCUT2D eigenvalue weighted by atomic mass is 79.9. The molecular weight excluding hydrogens is 440 g/mol. The van der Waals surface area contributed by atoms with Crippen molar-refractivity contribution >= 4 is 49.1 Å². The summed E-state index contributed by atoms with van der Waals surface area (Å²) in [6, 6.07) is 12.0. The number of nitrogens with zero attached hydrogens (tertiary/aromatic N) is 1. The molecule has 1 N–H and O–H groups in total. The number of benzene rings is 2. The Kier molecular flexibility index (Phi) is 6.02. The summed E-state index contributed by atoms with van der Waals surface area (Å²) in [5.74, 6) is 0.107. The maximum Gasteiger partial charge on any atom is 0.242 e. The summed E-state index contributed by atoms with van der Waals surface area (Å²) in [4.78, 5) is 13.9. The second-order valence-electron chi connectivity index (χ2n) is 6.07. The highest BCUT2D eigenvalue weighted by molar-refractivity contribution is 9.10. The molecule has 2 aromatic carbocycles. The molecule has 0 unspecified atom stereocenters. The summed E-state index contributed by atoms with van der Waals surface area (Å²) in [5.41, 5.74) is 1.57. The Balaban J connectivity index is 1.75. The van der Waals surface area contributed by atoms with Crippen molar-refractivity contribution in [2.24, 2.45) is 0 Å². The molecule has 0 saturated carbocycles. The van der Waals surface area contributed by atoms with Gasteiger partial charge in [0.2, 0.25) is 15.9 Å². The lowest BCUT2D eigenvalue weighted by atomic mass is 10.1. The van der Waals surface area contributed by atoms with Gasteiger partial charge in [0.15, 0.2) is 0 Å². The Hall–Kier alpha value is -1.41. The van der Waals surface area contributed by atoms with E-state index in [9.17, 15) is 13.2 Å². The molecule has 1 aliphatic heterocycles. The van der Waals surface area contributed by atoms with Crippen LogP contribution in [0.5, 0.6) is 0 Å². The van der Waals surface area contributed by atoms with Gasteiger partial charge in [0.05, 0.1) is 5.02 Å². The summed E-state index contributed by atoms with van der Waals surface area (Å²) in [6.45, 7) is 0.813. The maximum absolute atomic E-state index is 12.5. The predicted molar refractivity (Wildman–Crippen MR) is 106 cm³/mol. The second-order valence-corrected chi connectivity index (χ2v) is 9.13. The largest absolute Gasteiger partial charge is 0.312 e. The molecule has 2 aromatic rings. The van der Waals surface area contributed by atoms with E-state index in [0.29, 0.717) is 17.4 Å². The molecule has 0 atom stereocenters. The van der Waals surface area contributed by atoms with E-state index in [1.165, 1.54) is 6.07 Å². The van der Waals surface area contributed by atoms with E-state index in [1.54, 1.807) is 17.0 Å². The van der Waals surface area contributed by atoms with Crippen molar-refractivity contribution in [2.75, 3.05) is 11.4 Å². The topological polar surface area (TPSA) is 66.5 Å². The smallest absolute Gasteiger partial charge is 0.242 e. The fourth-order valence-electron chi connectivity index (χ4n) is 2.86. The predicted octanol–water partition coefficient (Wildman–Crippen LogP) is 4.10. The number of sulfonamides is 1. The molecule has 8 heteroatoms. The normalized spacial score (nSPS) is 15.3. The third-order valence-electron chi connectivity index (χ3n) is 4.20. The average Bonchev–Trinajstić information content (AvgIpc) is 2.60. The van der Waals surface area contributed by atoms with Gasteiger partial charge in [0.25, 0.3) is 0 Å². The van der Waals surface area contributed by atoms with E-state index in [0.717, 1.165) is 24.1 Å². The van der Waals surface area contributed by atoms with E-state index in [1.807, 2.05) is 24.3 Å². The zero-order chi connectivity index (χ0) is 18.7. The number of amides is 1. The number of anilines is 1. The lowest BCUT2D eigenvalue weighted by molar-refractivity contribution is -0.119. The Bertz CT molecular complexity index is 934. The van der Waals surface area contributed by atoms with Gasteiger partial charge in [0, 0.05) is 29.7 Å². The van der Waals surface area contributed by atoms with Crippen LogP contribution in [0.1, 0.15) is 24.8 Å². The van der Waals surface area contributed by atoms with Crippen LogP contribution in [0.25, 0.3) is 0 Å². The van der Waals surface area contributed by atoms with E-state index in [-0.39, 0.29) is 22.4 Å². The van der Waals surface area contributed by atoms with Gasteiger partial charge in [-0.25, -0.2) is 13.1 Å². The molecule has 0 bridgehead atoms. The first kappa shape index (κ1) is 19.4. The van der Waals surface area contributed by atoms with Crippen molar-refractivity contribution in [3.63, 3.8) is 0 Å². The molecule has 1 saturated heterocycles. The van der Waals surface area contributed by atoms with E-state index >= 15 is 0 Å². The minimum atomic E-state index is -3.74. The summed E-state index contributed by atoms with van der Waals surface area (Å²) in [5, 5.41) is 0.152. The number of hydrogen-bond acceptors (Lipinski definition) is 3. The third kappa shape index (κ3) is 4.46. The van der Waals surface area contributed by atoms with Crippen LogP contribution in [-0.2, 0) is 21.4 Å². The molecule has 26 heavy (non-hydrogen) atoms. The van der Waals surface area contributed by atoms with Crippen molar-refractivity contribution in [1.82, 2.24) is 4.72 Å². The Morgan fingerprint density at radius 2 is 1.96 bits per heavy atom. The first-order valence-corrected chi connectivity index (χ1v) is 10.9. The van der Waals surface area contributed by atoms with Crippen LogP contribution in [0.15, 0.2) is 51.8 Å². The van der Waals surface area contributed by atoms with Crippen LogP contribution >= 0.6 is 27.5 Å². The summed E-state index contributed by atoms with van der Waals surface area (Å²) < 4.78 is 28.3. The SMILES string of the molecule is O=C1CCCCN1c1cccc(CNS(=O)(=O)c2ccc(Br)cc2Cl)c1. The molecule has 0 radical (unpaired) electrons. The molecule has 1 fully saturated rings. The monoisotopic (exact) mass is 456 g/mol. The minimum Gasteiger partial charge on any atom is -0.312 e. The number of carbonyl (C=O) groups is 1.